The van der Waals surface area contributed by atoms with Crippen molar-refractivity contribution in [1.29, 1.82) is 0 Å². The second kappa shape index (κ2) is 14.8. The number of benzene rings is 8. The molecule has 0 saturated carbocycles. The molecule has 0 unspecified atom stereocenters. The molecular formula is C51H35N3. The summed E-state index contributed by atoms with van der Waals surface area (Å²) in [6, 6.07) is 74.1. The molecule has 0 spiro atoms. The molecule has 0 aliphatic heterocycles. The Balaban J connectivity index is 1.21. The molecule has 8 aromatic carbocycles. The molecule has 1 heterocycles. The normalized spacial score (nSPS) is 11.0. The summed E-state index contributed by atoms with van der Waals surface area (Å²) in [5, 5.41) is 0. The summed E-state index contributed by atoms with van der Waals surface area (Å²) in [5.41, 5.74) is 14.0. The second-order valence-electron chi connectivity index (χ2n) is 13.3. The van der Waals surface area contributed by atoms with E-state index in [0.29, 0.717) is 17.5 Å². The molecule has 0 atom stereocenters. The average Bonchev–Trinajstić information content (AvgIpc) is 3.27. The van der Waals surface area contributed by atoms with Crippen LogP contribution in [0.25, 0.3) is 89.8 Å². The first kappa shape index (κ1) is 32.7. The Morgan fingerprint density at radius 3 is 0.981 bits per heavy atom. The lowest BCUT2D eigenvalue weighted by atomic mass is 9.94. The predicted octanol–water partition coefficient (Wildman–Crippen LogP) is 13.2. The van der Waals surface area contributed by atoms with E-state index in [2.05, 4.69) is 188 Å². The van der Waals surface area contributed by atoms with E-state index >= 15 is 0 Å². The molecule has 0 aliphatic carbocycles. The van der Waals surface area contributed by atoms with E-state index < -0.39 is 0 Å². The molecule has 0 bridgehead atoms. The zero-order valence-corrected chi connectivity index (χ0v) is 29.5. The van der Waals surface area contributed by atoms with Gasteiger partial charge in [-0.25, -0.2) is 15.0 Å². The molecule has 0 fully saturated rings. The van der Waals surface area contributed by atoms with E-state index in [4.69, 9.17) is 15.0 Å². The van der Waals surface area contributed by atoms with Crippen molar-refractivity contribution in [3.05, 3.63) is 212 Å². The lowest BCUT2D eigenvalue weighted by Crippen LogP contribution is -2.01. The van der Waals surface area contributed by atoms with Gasteiger partial charge in [0.05, 0.1) is 0 Å². The maximum atomic E-state index is 5.27. The molecule has 3 heteroatoms. The van der Waals surface area contributed by atoms with Gasteiger partial charge in [-0.3, -0.25) is 0 Å². The summed E-state index contributed by atoms with van der Waals surface area (Å²) in [6.07, 6.45) is 0. The zero-order valence-electron chi connectivity index (χ0n) is 29.5. The van der Waals surface area contributed by atoms with Gasteiger partial charge in [0.15, 0.2) is 17.5 Å². The third-order valence-corrected chi connectivity index (χ3v) is 9.76. The fourth-order valence-corrected chi connectivity index (χ4v) is 6.96. The number of aromatic nitrogens is 3. The third-order valence-electron chi connectivity index (χ3n) is 9.76. The highest BCUT2D eigenvalue weighted by atomic mass is 15.0. The van der Waals surface area contributed by atoms with Gasteiger partial charge in [0, 0.05) is 16.7 Å². The molecule has 0 aliphatic rings. The first-order valence-electron chi connectivity index (χ1n) is 18.2. The van der Waals surface area contributed by atoms with E-state index in [-0.39, 0.29) is 0 Å². The Hall–Kier alpha value is -7.23. The summed E-state index contributed by atoms with van der Waals surface area (Å²) >= 11 is 0. The van der Waals surface area contributed by atoms with Crippen molar-refractivity contribution in [1.82, 2.24) is 15.0 Å². The highest BCUT2D eigenvalue weighted by Gasteiger charge is 2.18. The van der Waals surface area contributed by atoms with Gasteiger partial charge in [0.2, 0.25) is 0 Å². The SMILES string of the molecule is c1ccc(-c2ccc(-c3cccc(-c4nc(-c5cccc(-c6ccccc6)c5)nc(-c5cc(-c6ccccc6)ccc5-c5ccccc5)n4)c3)cc2)cc1. The third kappa shape index (κ3) is 6.87. The summed E-state index contributed by atoms with van der Waals surface area (Å²) in [6.45, 7) is 0. The Bertz CT molecular complexity index is 2670. The van der Waals surface area contributed by atoms with E-state index in [1.165, 1.54) is 11.1 Å². The molecule has 0 amide bonds. The van der Waals surface area contributed by atoms with Crippen LogP contribution in [0.3, 0.4) is 0 Å². The van der Waals surface area contributed by atoms with E-state index in [0.717, 1.165) is 61.2 Å². The molecule has 54 heavy (non-hydrogen) atoms. The zero-order chi connectivity index (χ0) is 36.1. The smallest absolute Gasteiger partial charge is 0.164 e. The monoisotopic (exact) mass is 689 g/mol. The van der Waals surface area contributed by atoms with Gasteiger partial charge in [0.25, 0.3) is 0 Å². The molecule has 9 rings (SSSR count). The van der Waals surface area contributed by atoms with Crippen LogP contribution in [0.15, 0.2) is 212 Å². The molecule has 9 aromatic rings. The molecule has 1 aromatic heterocycles. The standard InChI is InChI=1S/C51H35N3/c1-5-15-36(16-6-1)39-27-29-40(30-28-39)43-24-14-26-46(34-43)50-52-49(45-25-13-23-42(33-45)37-17-7-2-8-18-37)53-51(54-50)48-35-44(38-19-9-3-10-20-38)31-32-47(48)41-21-11-4-12-22-41/h1-35H. The van der Waals surface area contributed by atoms with Crippen LogP contribution in [0.4, 0.5) is 0 Å². The molecular weight excluding hydrogens is 655 g/mol. The van der Waals surface area contributed by atoms with E-state index in [1.54, 1.807) is 0 Å². The van der Waals surface area contributed by atoms with Gasteiger partial charge >= 0.3 is 0 Å². The summed E-state index contributed by atoms with van der Waals surface area (Å²) in [4.78, 5) is 15.7. The largest absolute Gasteiger partial charge is 0.208 e. The van der Waals surface area contributed by atoms with Crippen LogP contribution in [0.2, 0.25) is 0 Å². The van der Waals surface area contributed by atoms with Gasteiger partial charge < -0.3 is 0 Å². The summed E-state index contributed by atoms with van der Waals surface area (Å²) < 4.78 is 0. The van der Waals surface area contributed by atoms with Crippen LogP contribution in [0, 0.1) is 0 Å². The van der Waals surface area contributed by atoms with E-state index in [1.807, 2.05) is 24.3 Å². The molecule has 0 N–H and O–H groups in total. The lowest BCUT2D eigenvalue weighted by molar-refractivity contribution is 1.07. The summed E-state index contributed by atoms with van der Waals surface area (Å²) in [5.74, 6) is 1.86. The van der Waals surface area contributed by atoms with Crippen LogP contribution in [0.1, 0.15) is 0 Å². The van der Waals surface area contributed by atoms with Gasteiger partial charge in [-0.15, -0.1) is 0 Å². The maximum Gasteiger partial charge on any atom is 0.164 e. The van der Waals surface area contributed by atoms with Crippen molar-refractivity contribution in [3.8, 4) is 89.8 Å². The van der Waals surface area contributed by atoms with Crippen molar-refractivity contribution in [2.24, 2.45) is 0 Å². The molecule has 0 radical (unpaired) electrons. The fourth-order valence-electron chi connectivity index (χ4n) is 6.96. The van der Waals surface area contributed by atoms with Crippen molar-refractivity contribution < 1.29 is 0 Å². The number of nitrogens with zero attached hydrogens (tertiary/aromatic N) is 3. The minimum Gasteiger partial charge on any atom is -0.208 e. The minimum atomic E-state index is 0.618. The lowest BCUT2D eigenvalue weighted by Gasteiger charge is -2.15. The number of hydrogen-bond acceptors (Lipinski definition) is 3. The Morgan fingerprint density at radius 1 is 0.185 bits per heavy atom. The molecule has 0 saturated heterocycles. The van der Waals surface area contributed by atoms with Gasteiger partial charge in [-0.2, -0.15) is 0 Å². The quantitative estimate of drug-likeness (QED) is 0.159. The van der Waals surface area contributed by atoms with Crippen molar-refractivity contribution in [2.75, 3.05) is 0 Å². The Kier molecular flexibility index (Phi) is 8.94. The van der Waals surface area contributed by atoms with Crippen molar-refractivity contribution >= 4 is 0 Å². The van der Waals surface area contributed by atoms with Crippen LogP contribution < -0.4 is 0 Å². The second-order valence-corrected chi connectivity index (χ2v) is 13.3. The van der Waals surface area contributed by atoms with Gasteiger partial charge in [-0.1, -0.05) is 194 Å². The van der Waals surface area contributed by atoms with Crippen molar-refractivity contribution in [3.63, 3.8) is 0 Å². The average molecular weight is 690 g/mol. The van der Waals surface area contributed by atoms with Crippen LogP contribution >= 0.6 is 0 Å². The number of hydrogen-bond donors (Lipinski definition) is 0. The van der Waals surface area contributed by atoms with Crippen LogP contribution in [-0.2, 0) is 0 Å². The Morgan fingerprint density at radius 2 is 0.500 bits per heavy atom. The maximum absolute atomic E-state index is 5.27. The number of rotatable bonds is 8. The van der Waals surface area contributed by atoms with Gasteiger partial charge in [0.1, 0.15) is 0 Å². The first-order valence-corrected chi connectivity index (χ1v) is 18.2. The first-order chi connectivity index (χ1) is 26.7. The van der Waals surface area contributed by atoms with Crippen molar-refractivity contribution in [2.45, 2.75) is 0 Å². The molecule has 3 nitrogen and oxygen atoms in total. The van der Waals surface area contributed by atoms with Crippen LogP contribution in [-0.4, -0.2) is 15.0 Å². The fraction of sp³-hybridized carbons (Fsp3) is 0. The highest BCUT2D eigenvalue weighted by molar-refractivity contribution is 5.86. The van der Waals surface area contributed by atoms with E-state index in [9.17, 15) is 0 Å². The van der Waals surface area contributed by atoms with Gasteiger partial charge in [-0.05, 0) is 73.8 Å². The minimum absolute atomic E-state index is 0.618. The highest BCUT2D eigenvalue weighted by Crippen LogP contribution is 2.37. The topological polar surface area (TPSA) is 38.7 Å². The predicted molar refractivity (Wildman–Crippen MR) is 223 cm³/mol. The molecule has 254 valence electrons. The summed E-state index contributed by atoms with van der Waals surface area (Å²) in [7, 11) is 0. The Labute approximate surface area is 316 Å². The van der Waals surface area contributed by atoms with Crippen LogP contribution in [0.5, 0.6) is 0 Å².